The van der Waals surface area contributed by atoms with Gasteiger partial charge < -0.3 is 9.64 Å². The number of nitrogens with one attached hydrogen (secondary N) is 1. The first-order valence-electron chi connectivity index (χ1n) is 7.56. The van der Waals surface area contributed by atoms with Gasteiger partial charge in [-0.3, -0.25) is 4.79 Å². The van der Waals surface area contributed by atoms with Gasteiger partial charge in [-0.25, -0.2) is 0 Å². The van der Waals surface area contributed by atoms with Gasteiger partial charge in [-0.2, -0.15) is 4.98 Å². The molecular weight excluding hydrogens is 300 g/mol. The lowest BCUT2D eigenvalue weighted by atomic mass is 9.97. The Morgan fingerprint density at radius 2 is 2.09 bits per heavy atom. The maximum Gasteiger partial charge on any atom is 0.286 e. The van der Waals surface area contributed by atoms with Crippen LogP contribution in [0.1, 0.15) is 30.1 Å². The van der Waals surface area contributed by atoms with Crippen LogP contribution in [-0.2, 0) is 0 Å². The van der Waals surface area contributed by atoms with Crippen molar-refractivity contribution in [3.8, 4) is 5.75 Å². The van der Waals surface area contributed by atoms with Crippen molar-refractivity contribution in [2.75, 3.05) is 25.1 Å². The summed E-state index contributed by atoms with van der Waals surface area (Å²) in [6.45, 7) is 4.15. The highest BCUT2D eigenvalue weighted by Crippen LogP contribution is 2.35. The number of carbonyl (C=O) groups excluding carboxylic acids is 1. The molecule has 0 amide bonds. The van der Waals surface area contributed by atoms with Crippen LogP contribution >= 0.6 is 11.6 Å². The summed E-state index contributed by atoms with van der Waals surface area (Å²) in [6, 6.07) is 5.78. The normalized spacial score (nSPS) is 16.0. The summed E-state index contributed by atoms with van der Waals surface area (Å²) in [4.78, 5) is 17.0. The second-order valence-electron chi connectivity index (χ2n) is 5.90. The molecule has 0 radical (unpaired) electrons. The van der Waals surface area contributed by atoms with Crippen LogP contribution in [0.25, 0.3) is 10.9 Å². The van der Waals surface area contributed by atoms with Crippen LogP contribution in [-0.4, -0.2) is 26.5 Å². The predicted molar refractivity (Wildman–Crippen MR) is 88.1 cm³/mol. The van der Waals surface area contributed by atoms with Gasteiger partial charge >= 0.3 is 0 Å². The van der Waals surface area contributed by atoms with Gasteiger partial charge in [0.25, 0.3) is 5.15 Å². The van der Waals surface area contributed by atoms with Crippen LogP contribution in [0.3, 0.4) is 0 Å². The Bertz CT molecular complexity index is 709. The summed E-state index contributed by atoms with van der Waals surface area (Å²) in [6.07, 6.45) is 3.09. The number of fused-ring (bicyclic) bond motifs is 1. The molecule has 0 unspecified atom stereocenters. The highest BCUT2D eigenvalue weighted by Gasteiger charge is 2.26. The first kappa shape index (κ1) is 15.1. The van der Waals surface area contributed by atoms with Crippen LogP contribution in [0.5, 0.6) is 5.75 Å². The minimum absolute atomic E-state index is 0.390. The summed E-state index contributed by atoms with van der Waals surface area (Å²) in [7, 11) is 1.64. The maximum absolute atomic E-state index is 11.6. The quantitative estimate of drug-likeness (QED) is 0.643. The van der Waals surface area contributed by atoms with Gasteiger partial charge in [0.1, 0.15) is 11.3 Å². The topological polar surface area (TPSA) is 43.7 Å². The molecule has 2 heterocycles. The van der Waals surface area contributed by atoms with E-state index in [1.54, 1.807) is 7.11 Å². The van der Waals surface area contributed by atoms with E-state index in [-0.39, 0.29) is 0 Å². The predicted octanol–water partition coefficient (Wildman–Crippen LogP) is 3.36. The maximum atomic E-state index is 11.6. The molecule has 1 aromatic carbocycles. The minimum Gasteiger partial charge on any atom is -0.497 e. The Balaban J connectivity index is 2.21. The molecule has 3 rings (SSSR count). The van der Waals surface area contributed by atoms with Crippen molar-refractivity contribution in [1.82, 2.24) is 0 Å². The third-order valence-electron chi connectivity index (χ3n) is 4.44. The average Bonchev–Trinajstić information content (AvgIpc) is 2.54. The number of H-pyrrole nitrogens is 1. The molecule has 1 aromatic heterocycles. The van der Waals surface area contributed by atoms with Crippen LogP contribution < -0.4 is 14.6 Å². The first-order valence-corrected chi connectivity index (χ1v) is 7.94. The van der Waals surface area contributed by atoms with Gasteiger partial charge in [-0.05, 0) is 42.5 Å². The van der Waals surface area contributed by atoms with E-state index in [4.69, 9.17) is 16.3 Å². The Labute approximate surface area is 135 Å². The third-order valence-corrected chi connectivity index (χ3v) is 4.73. The molecule has 0 aliphatic carbocycles. The number of halogens is 1. The van der Waals surface area contributed by atoms with E-state index in [0.717, 1.165) is 60.5 Å². The van der Waals surface area contributed by atoms with E-state index in [1.807, 2.05) is 18.2 Å². The molecular formula is C17H20ClN2O2+. The van der Waals surface area contributed by atoms with Crippen molar-refractivity contribution < 1.29 is 14.5 Å². The lowest BCUT2D eigenvalue weighted by molar-refractivity contribution is -0.342. The fourth-order valence-electron chi connectivity index (χ4n) is 3.07. The number of aldehydes is 1. The van der Waals surface area contributed by atoms with Crippen LogP contribution in [0.2, 0.25) is 5.15 Å². The number of aromatic amines is 1. The number of ether oxygens (including phenoxy) is 1. The second-order valence-corrected chi connectivity index (χ2v) is 6.28. The molecule has 1 saturated heterocycles. The SMILES string of the molecule is COc1ccc2[nH+]c(Cl)c(C=O)c(N3CCC(C)CC3)c2c1. The third kappa shape index (κ3) is 2.63. The van der Waals surface area contributed by atoms with Gasteiger partial charge in [0.15, 0.2) is 6.29 Å². The molecule has 22 heavy (non-hydrogen) atoms. The molecule has 0 atom stereocenters. The van der Waals surface area contributed by atoms with Crippen molar-refractivity contribution in [1.29, 1.82) is 0 Å². The van der Waals surface area contributed by atoms with Gasteiger partial charge in [0, 0.05) is 19.2 Å². The lowest BCUT2D eigenvalue weighted by Crippen LogP contribution is -2.34. The largest absolute Gasteiger partial charge is 0.497 e. The second kappa shape index (κ2) is 6.13. The number of rotatable bonds is 3. The Kier molecular flexibility index (Phi) is 4.21. The van der Waals surface area contributed by atoms with Crippen molar-refractivity contribution in [2.24, 2.45) is 5.92 Å². The number of benzene rings is 1. The summed E-state index contributed by atoms with van der Waals surface area (Å²) in [5.74, 6) is 1.49. The summed E-state index contributed by atoms with van der Waals surface area (Å²) in [5.41, 5.74) is 2.35. The Hall–Kier alpha value is -1.81. The fraction of sp³-hybridized carbons (Fsp3) is 0.412. The van der Waals surface area contributed by atoms with Crippen molar-refractivity contribution in [2.45, 2.75) is 19.8 Å². The van der Waals surface area contributed by atoms with Gasteiger partial charge in [0.05, 0.1) is 18.2 Å². The van der Waals surface area contributed by atoms with Gasteiger partial charge in [0.2, 0.25) is 5.52 Å². The molecule has 116 valence electrons. The Morgan fingerprint density at radius 3 is 2.73 bits per heavy atom. The van der Waals surface area contributed by atoms with Crippen LogP contribution in [0.4, 0.5) is 5.69 Å². The van der Waals surface area contributed by atoms with Crippen molar-refractivity contribution in [3.63, 3.8) is 0 Å². The standard InChI is InChI=1S/C17H19ClN2O2/c1-11-5-7-20(8-6-11)16-13-9-12(22-2)3-4-15(13)19-17(18)14(16)10-21/h3-4,9-11H,5-8H2,1-2H3/p+1. The minimum atomic E-state index is 0.390. The van der Waals surface area contributed by atoms with Crippen molar-refractivity contribution in [3.05, 3.63) is 28.9 Å². The average molecular weight is 320 g/mol. The molecule has 2 aromatic rings. The molecule has 1 N–H and O–H groups in total. The molecule has 4 nitrogen and oxygen atoms in total. The lowest BCUT2D eigenvalue weighted by Gasteiger charge is -2.33. The number of methoxy groups -OCH3 is 1. The van der Waals surface area contributed by atoms with Crippen molar-refractivity contribution >= 4 is 34.5 Å². The number of anilines is 1. The highest BCUT2D eigenvalue weighted by molar-refractivity contribution is 6.32. The molecule has 1 fully saturated rings. The molecule has 0 spiro atoms. The van der Waals surface area contributed by atoms with Gasteiger partial charge in [-0.1, -0.05) is 6.92 Å². The zero-order valence-corrected chi connectivity index (χ0v) is 13.6. The number of pyridine rings is 1. The van der Waals surface area contributed by atoms with Crippen LogP contribution in [0, 0.1) is 5.92 Å². The number of hydrogen-bond acceptors (Lipinski definition) is 3. The number of aromatic nitrogens is 1. The summed E-state index contributed by atoms with van der Waals surface area (Å²) >= 11 is 6.29. The van der Waals surface area contributed by atoms with E-state index in [0.29, 0.717) is 10.7 Å². The van der Waals surface area contributed by atoms with E-state index in [9.17, 15) is 4.79 Å². The Morgan fingerprint density at radius 1 is 1.36 bits per heavy atom. The zero-order valence-electron chi connectivity index (χ0n) is 12.9. The van der Waals surface area contributed by atoms with Gasteiger partial charge in [-0.15, -0.1) is 0 Å². The smallest absolute Gasteiger partial charge is 0.286 e. The van der Waals surface area contributed by atoms with E-state index in [2.05, 4.69) is 16.8 Å². The molecule has 1 aliphatic heterocycles. The summed E-state index contributed by atoms with van der Waals surface area (Å²) in [5, 5.41) is 1.36. The van der Waals surface area contributed by atoms with E-state index < -0.39 is 0 Å². The summed E-state index contributed by atoms with van der Waals surface area (Å²) < 4.78 is 5.33. The molecule has 1 aliphatic rings. The van der Waals surface area contributed by atoms with E-state index in [1.165, 1.54) is 0 Å². The fourth-order valence-corrected chi connectivity index (χ4v) is 3.31. The molecule has 0 bridgehead atoms. The molecule has 5 heteroatoms. The number of piperidine rings is 1. The zero-order chi connectivity index (χ0) is 15.7. The monoisotopic (exact) mass is 319 g/mol. The first-order chi connectivity index (χ1) is 10.6. The number of carbonyl (C=O) groups is 1. The van der Waals surface area contributed by atoms with E-state index >= 15 is 0 Å². The van der Waals surface area contributed by atoms with Crippen LogP contribution in [0.15, 0.2) is 18.2 Å². The molecule has 0 saturated carbocycles. The number of nitrogens with zero attached hydrogens (tertiary/aromatic N) is 1. The highest BCUT2D eigenvalue weighted by atomic mass is 35.5. The number of hydrogen-bond donors (Lipinski definition) is 0.